The lowest BCUT2D eigenvalue weighted by molar-refractivity contribution is -0.369. The fraction of sp³-hybridized carbons (Fsp3) is 1.00. The van der Waals surface area contributed by atoms with E-state index in [1.165, 1.54) is 0 Å². The molecule has 5 heteroatoms. The molecule has 0 saturated heterocycles. The van der Waals surface area contributed by atoms with E-state index in [9.17, 15) is 4.57 Å². The van der Waals surface area contributed by atoms with Gasteiger partial charge in [0.05, 0.1) is 11.2 Å². The summed E-state index contributed by atoms with van der Waals surface area (Å²) < 4.78 is 10.6. The fourth-order valence-corrected chi connectivity index (χ4v) is 1.08. The van der Waals surface area contributed by atoms with Crippen LogP contribution in [0.25, 0.3) is 0 Å². The Morgan fingerprint density at radius 1 is 0.923 bits per heavy atom. The molecule has 0 rings (SSSR count). The first-order valence-electron chi connectivity index (χ1n) is 4.16. The second-order valence-electron chi connectivity index (χ2n) is 4.73. The minimum atomic E-state index is -0.414. The molecule has 0 heterocycles. The fourth-order valence-electron chi connectivity index (χ4n) is 0.521. The highest BCUT2D eigenvalue weighted by Gasteiger charge is 2.23. The topological polar surface area (TPSA) is 38.8 Å². The van der Waals surface area contributed by atoms with Gasteiger partial charge in [0.2, 0.25) is 0 Å². The Balaban J connectivity index is 4.13. The lowest BCUT2D eigenvalue weighted by atomic mass is 10.2. The highest BCUT2D eigenvalue weighted by Crippen LogP contribution is 2.21. The van der Waals surface area contributed by atoms with E-state index in [4.69, 9.17) is 9.68 Å². The molecule has 0 bridgehead atoms. The van der Waals surface area contributed by atoms with E-state index in [-0.39, 0.29) is 8.61 Å². The Hall–Kier alpha value is -0.0200. The summed E-state index contributed by atoms with van der Waals surface area (Å²) in [6.07, 6.45) is 0. The molecule has 78 valence electrons. The van der Waals surface area contributed by atoms with Crippen LogP contribution < -0.4 is 0 Å². The van der Waals surface area contributed by atoms with Crippen LogP contribution in [0.5, 0.6) is 0 Å². The smallest absolute Gasteiger partial charge is 0.258 e. The van der Waals surface area contributed by atoms with Crippen LogP contribution in [0.2, 0.25) is 0 Å². The van der Waals surface area contributed by atoms with Crippen molar-refractivity contribution in [2.75, 3.05) is 0 Å². The first-order chi connectivity index (χ1) is 5.64. The second-order valence-corrected chi connectivity index (χ2v) is 5.22. The van der Waals surface area contributed by atoms with E-state index in [2.05, 4.69) is 0 Å². The van der Waals surface area contributed by atoms with Gasteiger partial charge in [-0.15, -0.1) is 0 Å². The Labute approximate surface area is 81.4 Å². The van der Waals surface area contributed by atoms with Gasteiger partial charge in [-0.25, -0.2) is 0 Å². The molecule has 0 aliphatic rings. The summed E-state index contributed by atoms with van der Waals surface area (Å²) in [4.78, 5) is 11.5. The van der Waals surface area contributed by atoms with Gasteiger partial charge < -0.3 is 0 Å². The molecule has 0 atom stereocenters. The van der Waals surface area contributed by atoms with E-state index in [1.54, 1.807) is 0 Å². The summed E-state index contributed by atoms with van der Waals surface area (Å²) >= 11 is 0. The molecular formula is C8H18NO3P. The normalized spacial score (nSPS) is 14.1. The van der Waals surface area contributed by atoms with Gasteiger partial charge in [-0.3, -0.25) is 14.2 Å². The lowest BCUT2D eigenvalue weighted by Crippen LogP contribution is -2.34. The molecule has 4 nitrogen and oxygen atoms in total. The Kier molecular flexibility index (Phi) is 4.46. The van der Waals surface area contributed by atoms with Gasteiger partial charge in [-0.2, -0.15) is 0 Å². The number of hydrogen-bond acceptors (Lipinski definition) is 3. The van der Waals surface area contributed by atoms with Crippen LogP contribution in [0.1, 0.15) is 41.5 Å². The number of rotatable bonds is 3. The maximum Gasteiger partial charge on any atom is 0.303 e. The molecule has 13 heavy (non-hydrogen) atoms. The minimum absolute atomic E-state index is 0.301. The molecule has 0 amide bonds. The molecule has 0 spiro atoms. The average molecular weight is 207 g/mol. The van der Waals surface area contributed by atoms with Crippen molar-refractivity contribution in [3.05, 3.63) is 0 Å². The first-order valence-corrected chi connectivity index (χ1v) is 4.92. The zero-order valence-electron chi connectivity index (χ0n) is 9.12. The highest BCUT2D eigenvalue weighted by molar-refractivity contribution is 7.20. The highest BCUT2D eigenvalue weighted by atomic mass is 31.1. The van der Waals surface area contributed by atoms with Crippen LogP contribution in [-0.4, -0.2) is 16.2 Å². The Morgan fingerprint density at radius 2 is 1.23 bits per heavy atom. The van der Waals surface area contributed by atoms with Crippen LogP contribution in [0.4, 0.5) is 0 Å². The zero-order valence-corrected chi connectivity index (χ0v) is 10.0. The summed E-state index contributed by atoms with van der Waals surface area (Å²) in [6, 6.07) is 0. The maximum absolute atomic E-state index is 10.6. The Bertz CT molecular complexity index is 155. The van der Waals surface area contributed by atoms with Gasteiger partial charge in [0.1, 0.15) is 0 Å². The molecule has 0 aliphatic carbocycles. The largest absolute Gasteiger partial charge is 0.303 e. The van der Waals surface area contributed by atoms with Gasteiger partial charge >= 0.3 is 8.61 Å². The predicted octanol–water partition coefficient (Wildman–Crippen LogP) is 2.96. The van der Waals surface area contributed by atoms with Gasteiger partial charge in [0.15, 0.2) is 0 Å². The molecule has 0 aromatic heterocycles. The zero-order chi connectivity index (χ0) is 10.7. The standard InChI is InChI=1S/C8H18NO3P/c1-7(2,3)11-9(13-10)12-8(4,5)6/h1-6H3. The van der Waals surface area contributed by atoms with Gasteiger partial charge in [0.25, 0.3) is 0 Å². The van der Waals surface area contributed by atoms with E-state index >= 15 is 0 Å². The van der Waals surface area contributed by atoms with Crippen molar-refractivity contribution < 1.29 is 14.2 Å². The van der Waals surface area contributed by atoms with Gasteiger partial charge in [0, 0.05) is 5.00 Å². The molecule has 0 aromatic carbocycles. The lowest BCUT2D eigenvalue weighted by Gasteiger charge is -2.28. The predicted molar refractivity (Wildman–Crippen MR) is 51.1 cm³/mol. The van der Waals surface area contributed by atoms with Gasteiger partial charge in [-0.05, 0) is 41.5 Å². The molecule has 0 fully saturated rings. The quantitative estimate of drug-likeness (QED) is 0.526. The molecular weight excluding hydrogens is 189 g/mol. The van der Waals surface area contributed by atoms with Crippen LogP contribution in [0, 0.1) is 0 Å². The van der Waals surface area contributed by atoms with E-state index in [0.29, 0.717) is 0 Å². The third-order valence-electron chi connectivity index (χ3n) is 0.771. The third kappa shape index (κ3) is 8.31. The summed E-state index contributed by atoms with van der Waals surface area (Å²) in [5.41, 5.74) is -0.828. The van der Waals surface area contributed by atoms with Crippen molar-refractivity contribution in [3.63, 3.8) is 0 Å². The molecule has 0 radical (unpaired) electrons. The van der Waals surface area contributed by atoms with Crippen molar-refractivity contribution >= 4 is 8.61 Å². The summed E-state index contributed by atoms with van der Waals surface area (Å²) in [5.74, 6) is 0. The third-order valence-corrected chi connectivity index (χ3v) is 1.07. The molecule has 0 N–H and O–H groups in total. The van der Waals surface area contributed by atoms with Crippen molar-refractivity contribution in [1.29, 1.82) is 0 Å². The molecule has 0 aromatic rings. The van der Waals surface area contributed by atoms with Crippen LogP contribution in [-0.2, 0) is 14.2 Å². The minimum Gasteiger partial charge on any atom is -0.258 e. The maximum atomic E-state index is 10.6. The monoisotopic (exact) mass is 207 g/mol. The van der Waals surface area contributed by atoms with Crippen LogP contribution in [0.15, 0.2) is 0 Å². The second kappa shape index (κ2) is 4.47. The molecule has 0 saturated carbocycles. The van der Waals surface area contributed by atoms with Crippen molar-refractivity contribution in [1.82, 2.24) is 5.00 Å². The Morgan fingerprint density at radius 3 is 1.38 bits per heavy atom. The average Bonchev–Trinajstić information content (AvgIpc) is 1.79. The number of nitrogens with zero attached hydrogens (tertiary/aromatic N) is 1. The first kappa shape index (κ1) is 13.0. The van der Waals surface area contributed by atoms with Gasteiger partial charge in [-0.1, -0.05) is 0 Å². The van der Waals surface area contributed by atoms with E-state index in [1.807, 2.05) is 41.5 Å². The summed E-state index contributed by atoms with van der Waals surface area (Å²) in [7, 11) is -0.301. The van der Waals surface area contributed by atoms with Crippen molar-refractivity contribution in [3.8, 4) is 0 Å². The number of hydrogen-bond donors (Lipinski definition) is 0. The van der Waals surface area contributed by atoms with E-state index < -0.39 is 11.2 Å². The van der Waals surface area contributed by atoms with Crippen LogP contribution >= 0.6 is 8.61 Å². The van der Waals surface area contributed by atoms with Crippen molar-refractivity contribution in [2.45, 2.75) is 52.7 Å². The van der Waals surface area contributed by atoms with Crippen LogP contribution in [0.3, 0.4) is 0 Å². The van der Waals surface area contributed by atoms with Crippen molar-refractivity contribution in [2.24, 2.45) is 0 Å². The summed E-state index contributed by atoms with van der Waals surface area (Å²) in [5, 5.41) is 0. The SMILES string of the molecule is CC(C)(C)ON(OC(C)(C)C)P=O. The van der Waals surface area contributed by atoms with E-state index in [0.717, 1.165) is 5.00 Å². The summed E-state index contributed by atoms with van der Waals surface area (Å²) in [6.45, 7) is 11.2. The molecule has 0 unspecified atom stereocenters. The molecule has 0 aliphatic heterocycles.